The summed E-state index contributed by atoms with van der Waals surface area (Å²) in [5.41, 5.74) is 3.54. The Balaban J connectivity index is 2.29. The Kier molecular flexibility index (Phi) is 3.66. The zero-order valence-corrected chi connectivity index (χ0v) is 11.0. The molecule has 0 saturated heterocycles. The number of aliphatic hydroxyl groups excluding tert-OH is 1. The Labute approximate surface area is 105 Å². The fourth-order valence-corrected chi connectivity index (χ4v) is 2.51. The predicted octanol–water partition coefficient (Wildman–Crippen LogP) is 3.10. The third-order valence-electron chi connectivity index (χ3n) is 2.88. The van der Waals surface area contributed by atoms with Crippen LogP contribution in [0.2, 0.25) is 0 Å². The van der Waals surface area contributed by atoms with E-state index in [1.165, 1.54) is 5.57 Å². The van der Waals surface area contributed by atoms with Crippen LogP contribution >= 0.6 is 15.9 Å². The lowest BCUT2D eigenvalue weighted by Crippen LogP contribution is -2.29. The SMILES string of the molecule is CC1=CCCN(c2ccc(Br)cc2CO)C1. The number of hydrogen-bond acceptors (Lipinski definition) is 2. The standard InChI is InChI=1S/C13H16BrNO/c1-10-3-2-6-15(8-10)13-5-4-12(14)7-11(13)9-16/h3-5,7,16H,2,6,8-9H2,1H3. The molecule has 1 aromatic carbocycles. The highest BCUT2D eigenvalue weighted by Crippen LogP contribution is 2.27. The molecule has 2 rings (SSSR count). The van der Waals surface area contributed by atoms with Gasteiger partial charge < -0.3 is 10.0 Å². The Morgan fingerprint density at radius 2 is 2.25 bits per heavy atom. The van der Waals surface area contributed by atoms with E-state index in [1.54, 1.807) is 0 Å². The third-order valence-corrected chi connectivity index (χ3v) is 3.38. The minimum atomic E-state index is 0.0913. The molecule has 1 aliphatic rings. The van der Waals surface area contributed by atoms with E-state index >= 15 is 0 Å². The molecular weight excluding hydrogens is 266 g/mol. The molecule has 86 valence electrons. The van der Waals surface area contributed by atoms with E-state index in [4.69, 9.17) is 0 Å². The topological polar surface area (TPSA) is 23.5 Å². The first-order chi connectivity index (χ1) is 7.70. The van der Waals surface area contributed by atoms with Gasteiger partial charge in [-0.2, -0.15) is 0 Å². The van der Waals surface area contributed by atoms with E-state index in [0.29, 0.717) is 0 Å². The maximum atomic E-state index is 9.38. The highest BCUT2D eigenvalue weighted by atomic mass is 79.9. The van der Waals surface area contributed by atoms with Gasteiger partial charge in [0.05, 0.1) is 6.61 Å². The molecule has 0 atom stereocenters. The molecule has 0 amide bonds. The second kappa shape index (κ2) is 5.02. The number of aliphatic hydroxyl groups is 1. The summed E-state index contributed by atoms with van der Waals surface area (Å²) in [6.07, 6.45) is 3.38. The van der Waals surface area contributed by atoms with Crippen molar-refractivity contribution in [1.29, 1.82) is 0 Å². The molecule has 2 nitrogen and oxygen atoms in total. The molecule has 3 heteroatoms. The van der Waals surface area contributed by atoms with Gasteiger partial charge in [-0.3, -0.25) is 0 Å². The zero-order valence-electron chi connectivity index (χ0n) is 9.41. The van der Waals surface area contributed by atoms with Gasteiger partial charge in [0, 0.05) is 28.8 Å². The first-order valence-corrected chi connectivity index (χ1v) is 6.30. The molecule has 0 saturated carbocycles. The minimum absolute atomic E-state index is 0.0913. The second-order valence-electron chi connectivity index (χ2n) is 4.19. The maximum Gasteiger partial charge on any atom is 0.0702 e. The van der Waals surface area contributed by atoms with E-state index in [1.807, 2.05) is 12.1 Å². The van der Waals surface area contributed by atoms with E-state index < -0.39 is 0 Å². The van der Waals surface area contributed by atoms with Gasteiger partial charge in [0.25, 0.3) is 0 Å². The van der Waals surface area contributed by atoms with Crippen LogP contribution in [0.4, 0.5) is 5.69 Å². The fourth-order valence-electron chi connectivity index (χ4n) is 2.11. The van der Waals surface area contributed by atoms with Gasteiger partial charge in [-0.15, -0.1) is 0 Å². The first-order valence-electron chi connectivity index (χ1n) is 5.50. The normalized spacial score (nSPS) is 16.2. The molecule has 0 spiro atoms. The number of rotatable bonds is 2. The van der Waals surface area contributed by atoms with Crippen LogP contribution in [0.5, 0.6) is 0 Å². The van der Waals surface area contributed by atoms with E-state index in [9.17, 15) is 5.11 Å². The van der Waals surface area contributed by atoms with Gasteiger partial charge in [0.2, 0.25) is 0 Å². The Hall–Kier alpha value is -0.800. The highest BCUT2D eigenvalue weighted by molar-refractivity contribution is 9.10. The summed E-state index contributed by atoms with van der Waals surface area (Å²) in [5, 5.41) is 9.38. The van der Waals surface area contributed by atoms with Crippen molar-refractivity contribution in [3.05, 3.63) is 39.9 Å². The van der Waals surface area contributed by atoms with Gasteiger partial charge in [-0.05, 0) is 31.5 Å². The molecular formula is C13H16BrNO. The average Bonchev–Trinajstić information content (AvgIpc) is 2.28. The van der Waals surface area contributed by atoms with Crippen LogP contribution in [-0.4, -0.2) is 18.2 Å². The van der Waals surface area contributed by atoms with E-state index in [0.717, 1.165) is 35.2 Å². The van der Waals surface area contributed by atoms with Crippen LogP contribution in [0.25, 0.3) is 0 Å². The molecule has 1 N–H and O–H groups in total. The fraction of sp³-hybridized carbons (Fsp3) is 0.385. The Morgan fingerprint density at radius 1 is 1.44 bits per heavy atom. The van der Waals surface area contributed by atoms with Gasteiger partial charge in [0.15, 0.2) is 0 Å². The van der Waals surface area contributed by atoms with Gasteiger partial charge in [-0.25, -0.2) is 0 Å². The Morgan fingerprint density at radius 3 is 2.94 bits per heavy atom. The minimum Gasteiger partial charge on any atom is -0.392 e. The summed E-state index contributed by atoms with van der Waals surface area (Å²) in [4.78, 5) is 2.33. The van der Waals surface area contributed by atoms with E-state index in [2.05, 4.69) is 39.9 Å². The second-order valence-corrected chi connectivity index (χ2v) is 5.11. The van der Waals surface area contributed by atoms with Crippen LogP contribution in [0.1, 0.15) is 18.9 Å². The molecule has 0 unspecified atom stereocenters. The number of hydrogen-bond donors (Lipinski definition) is 1. The van der Waals surface area contributed by atoms with Crippen molar-refractivity contribution in [2.75, 3.05) is 18.0 Å². The lowest BCUT2D eigenvalue weighted by atomic mass is 10.1. The summed E-state index contributed by atoms with van der Waals surface area (Å²) in [6, 6.07) is 6.10. The zero-order chi connectivity index (χ0) is 11.5. The van der Waals surface area contributed by atoms with Crippen LogP contribution in [-0.2, 0) is 6.61 Å². The van der Waals surface area contributed by atoms with Crippen molar-refractivity contribution in [2.45, 2.75) is 20.0 Å². The van der Waals surface area contributed by atoms with Crippen molar-refractivity contribution < 1.29 is 5.11 Å². The van der Waals surface area contributed by atoms with Crippen molar-refractivity contribution in [2.24, 2.45) is 0 Å². The van der Waals surface area contributed by atoms with Crippen molar-refractivity contribution in [3.63, 3.8) is 0 Å². The molecule has 0 fully saturated rings. The molecule has 1 aliphatic heterocycles. The molecule has 16 heavy (non-hydrogen) atoms. The van der Waals surface area contributed by atoms with Crippen molar-refractivity contribution >= 4 is 21.6 Å². The van der Waals surface area contributed by atoms with Gasteiger partial charge >= 0.3 is 0 Å². The monoisotopic (exact) mass is 281 g/mol. The van der Waals surface area contributed by atoms with Crippen LogP contribution in [0, 0.1) is 0 Å². The first kappa shape index (κ1) is 11.7. The lowest BCUT2D eigenvalue weighted by Gasteiger charge is -2.30. The Bertz CT molecular complexity index is 414. The molecule has 0 aromatic heterocycles. The number of halogens is 1. The largest absolute Gasteiger partial charge is 0.392 e. The van der Waals surface area contributed by atoms with Crippen LogP contribution in [0.3, 0.4) is 0 Å². The lowest BCUT2D eigenvalue weighted by molar-refractivity contribution is 0.282. The predicted molar refractivity (Wildman–Crippen MR) is 70.7 cm³/mol. The smallest absolute Gasteiger partial charge is 0.0702 e. The summed E-state index contributed by atoms with van der Waals surface area (Å²) < 4.78 is 1.02. The average molecular weight is 282 g/mol. The number of benzene rings is 1. The molecule has 1 aromatic rings. The molecule has 0 radical (unpaired) electrons. The maximum absolute atomic E-state index is 9.38. The summed E-state index contributed by atoms with van der Waals surface area (Å²) in [5.74, 6) is 0. The number of anilines is 1. The highest BCUT2D eigenvalue weighted by Gasteiger charge is 2.13. The number of nitrogens with zero attached hydrogens (tertiary/aromatic N) is 1. The third kappa shape index (κ3) is 2.47. The summed E-state index contributed by atoms with van der Waals surface area (Å²) in [6.45, 7) is 4.25. The molecule has 0 aliphatic carbocycles. The summed E-state index contributed by atoms with van der Waals surface area (Å²) in [7, 11) is 0. The van der Waals surface area contributed by atoms with Crippen molar-refractivity contribution in [1.82, 2.24) is 0 Å². The van der Waals surface area contributed by atoms with E-state index in [-0.39, 0.29) is 6.61 Å². The van der Waals surface area contributed by atoms with Crippen LogP contribution in [0.15, 0.2) is 34.3 Å². The van der Waals surface area contributed by atoms with Crippen molar-refractivity contribution in [3.8, 4) is 0 Å². The summed E-state index contributed by atoms with van der Waals surface area (Å²) >= 11 is 3.43. The van der Waals surface area contributed by atoms with Gasteiger partial charge in [0.1, 0.15) is 0 Å². The molecule has 0 bridgehead atoms. The quantitative estimate of drug-likeness (QED) is 0.843. The van der Waals surface area contributed by atoms with Gasteiger partial charge in [-0.1, -0.05) is 27.6 Å². The molecule has 1 heterocycles. The van der Waals surface area contributed by atoms with Crippen LogP contribution < -0.4 is 4.90 Å².